The van der Waals surface area contributed by atoms with E-state index in [0.29, 0.717) is 6.54 Å². The summed E-state index contributed by atoms with van der Waals surface area (Å²) in [5.41, 5.74) is 0. The molecule has 0 saturated carbocycles. The molecule has 0 spiro atoms. The van der Waals surface area contributed by atoms with E-state index < -0.39 is 37.8 Å². The van der Waals surface area contributed by atoms with Gasteiger partial charge in [0.15, 0.2) is 0 Å². The molecule has 1 saturated heterocycles. The fourth-order valence-corrected chi connectivity index (χ4v) is 1.60. The van der Waals surface area contributed by atoms with Crippen molar-refractivity contribution in [1.29, 1.82) is 0 Å². The van der Waals surface area contributed by atoms with Gasteiger partial charge in [-0.3, -0.25) is 14.6 Å². The molecule has 0 atom stereocenters. The highest BCUT2D eigenvalue weighted by atomic mass is 19.4. The SMILES string of the molecule is O=C(CN(CCO)CC(F)(F)F)N1CCNC1=O. The molecule has 0 radical (unpaired) electrons. The Labute approximate surface area is 101 Å². The van der Waals surface area contributed by atoms with Gasteiger partial charge >= 0.3 is 12.2 Å². The zero-order chi connectivity index (χ0) is 13.8. The highest BCUT2D eigenvalue weighted by Crippen LogP contribution is 2.16. The van der Waals surface area contributed by atoms with Crippen LogP contribution in [-0.4, -0.2) is 72.4 Å². The van der Waals surface area contributed by atoms with E-state index >= 15 is 0 Å². The summed E-state index contributed by atoms with van der Waals surface area (Å²) < 4.78 is 36.6. The zero-order valence-corrected chi connectivity index (χ0v) is 9.53. The molecule has 1 aliphatic heterocycles. The first-order valence-corrected chi connectivity index (χ1v) is 5.31. The number of nitrogens with zero attached hydrogens (tertiary/aromatic N) is 2. The number of alkyl halides is 3. The Morgan fingerprint density at radius 1 is 1.50 bits per heavy atom. The third-order valence-corrected chi connectivity index (χ3v) is 2.34. The van der Waals surface area contributed by atoms with Gasteiger partial charge in [-0.15, -0.1) is 0 Å². The number of halogens is 3. The molecule has 0 aromatic carbocycles. The van der Waals surface area contributed by atoms with Crippen molar-refractivity contribution in [3.05, 3.63) is 0 Å². The normalized spacial score (nSPS) is 16.3. The number of nitrogens with one attached hydrogen (secondary N) is 1. The summed E-state index contributed by atoms with van der Waals surface area (Å²) in [4.78, 5) is 24.4. The van der Waals surface area contributed by atoms with Gasteiger partial charge in [0, 0.05) is 19.6 Å². The lowest BCUT2D eigenvalue weighted by Gasteiger charge is -2.23. The monoisotopic (exact) mass is 269 g/mol. The maximum Gasteiger partial charge on any atom is 0.401 e. The molecule has 2 N–H and O–H groups in total. The van der Waals surface area contributed by atoms with Crippen LogP contribution in [0, 0.1) is 0 Å². The van der Waals surface area contributed by atoms with Gasteiger partial charge in [-0.05, 0) is 0 Å². The van der Waals surface area contributed by atoms with Crippen molar-refractivity contribution in [3.63, 3.8) is 0 Å². The number of imide groups is 1. The number of hydrogen-bond donors (Lipinski definition) is 2. The fraction of sp³-hybridized carbons (Fsp3) is 0.778. The lowest BCUT2D eigenvalue weighted by molar-refractivity contribution is -0.151. The third-order valence-electron chi connectivity index (χ3n) is 2.34. The second-order valence-electron chi connectivity index (χ2n) is 3.83. The molecule has 18 heavy (non-hydrogen) atoms. The minimum Gasteiger partial charge on any atom is -0.395 e. The Kier molecular flexibility index (Phi) is 4.91. The molecule has 104 valence electrons. The minimum atomic E-state index is -4.46. The zero-order valence-electron chi connectivity index (χ0n) is 9.53. The van der Waals surface area contributed by atoms with Crippen LogP contribution in [0.2, 0.25) is 0 Å². The maximum atomic E-state index is 12.2. The van der Waals surface area contributed by atoms with Crippen molar-refractivity contribution in [3.8, 4) is 0 Å². The summed E-state index contributed by atoms with van der Waals surface area (Å²) in [5.74, 6) is -0.706. The highest BCUT2D eigenvalue weighted by Gasteiger charge is 2.33. The van der Waals surface area contributed by atoms with Crippen LogP contribution in [0.3, 0.4) is 0 Å². The van der Waals surface area contributed by atoms with E-state index in [-0.39, 0.29) is 13.1 Å². The van der Waals surface area contributed by atoms with E-state index in [1.54, 1.807) is 0 Å². The Bertz CT molecular complexity index is 322. The average Bonchev–Trinajstić information content (AvgIpc) is 2.62. The van der Waals surface area contributed by atoms with Gasteiger partial charge in [0.2, 0.25) is 5.91 Å². The average molecular weight is 269 g/mol. The van der Waals surface area contributed by atoms with E-state index in [2.05, 4.69) is 5.32 Å². The summed E-state index contributed by atoms with van der Waals surface area (Å²) in [6.07, 6.45) is -4.46. The summed E-state index contributed by atoms with van der Waals surface area (Å²) in [7, 11) is 0. The van der Waals surface area contributed by atoms with Crippen LogP contribution in [0.25, 0.3) is 0 Å². The van der Waals surface area contributed by atoms with Crippen LogP contribution in [-0.2, 0) is 4.79 Å². The molecule has 1 heterocycles. The van der Waals surface area contributed by atoms with Crippen molar-refractivity contribution in [1.82, 2.24) is 15.1 Å². The number of amides is 3. The van der Waals surface area contributed by atoms with E-state index in [9.17, 15) is 22.8 Å². The van der Waals surface area contributed by atoms with Gasteiger partial charge in [-0.25, -0.2) is 4.79 Å². The number of carbonyl (C=O) groups is 2. The van der Waals surface area contributed by atoms with E-state index in [1.807, 2.05) is 0 Å². The van der Waals surface area contributed by atoms with Crippen LogP contribution in [0.5, 0.6) is 0 Å². The van der Waals surface area contributed by atoms with Crippen molar-refractivity contribution >= 4 is 11.9 Å². The second-order valence-corrected chi connectivity index (χ2v) is 3.83. The van der Waals surface area contributed by atoms with Crippen LogP contribution >= 0.6 is 0 Å². The Hall–Kier alpha value is -1.35. The number of carbonyl (C=O) groups excluding carboxylic acids is 2. The quantitative estimate of drug-likeness (QED) is 0.698. The van der Waals surface area contributed by atoms with E-state index in [1.165, 1.54) is 0 Å². The first-order valence-electron chi connectivity index (χ1n) is 5.31. The van der Waals surface area contributed by atoms with Crippen LogP contribution < -0.4 is 5.32 Å². The molecule has 0 aromatic heterocycles. The molecule has 0 bridgehead atoms. The van der Waals surface area contributed by atoms with Gasteiger partial charge in [-0.2, -0.15) is 13.2 Å². The topological polar surface area (TPSA) is 72.9 Å². The molecular formula is C9H14F3N3O3. The summed E-state index contributed by atoms with van der Waals surface area (Å²) in [5, 5.41) is 11.0. The van der Waals surface area contributed by atoms with Crippen molar-refractivity contribution < 1.29 is 27.9 Å². The number of aliphatic hydroxyl groups is 1. The van der Waals surface area contributed by atoms with E-state index in [0.717, 1.165) is 9.80 Å². The largest absolute Gasteiger partial charge is 0.401 e. The smallest absolute Gasteiger partial charge is 0.395 e. The van der Waals surface area contributed by atoms with Crippen molar-refractivity contribution in [2.75, 3.05) is 39.3 Å². The molecule has 0 aromatic rings. The lowest BCUT2D eigenvalue weighted by atomic mass is 10.4. The predicted molar refractivity (Wildman–Crippen MR) is 54.7 cm³/mol. The molecule has 3 amide bonds. The molecule has 1 rings (SSSR count). The number of urea groups is 1. The molecule has 6 nitrogen and oxygen atoms in total. The molecule has 9 heteroatoms. The minimum absolute atomic E-state index is 0.149. The van der Waals surface area contributed by atoms with E-state index in [4.69, 9.17) is 5.11 Å². The number of hydrogen-bond acceptors (Lipinski definition) is 4. The molecule has 1 fully saturated rings. The van der Waals surface area contributed by atoms with Gasteiger partial charge in [-0.1, -0.05) is 0 Å². The van der Waals surface area contributed by atoms with Gasteiger partial charge in [0.05, 0.1) is 19.7 Å². The predicted octanol–water partition coefficient (Wildman–Crippen LogP) is -0.605. The van der Waals surface area contributed by atoms with Crippen LogP contribution in [0.15, 0.2) is 0 Å². The first-order chi connectivity index (χ1) is 8.33. The highest BCUT2D eigenvalue weighted by molar-refractivity contribution is 5.96. The van der Waals surface area contributed by atoms with Gasteiger partial charge in [0.25, 0.3) is 0 Å². The standard InChI is InChI=1S/C9H14F3N3O3/c10-9(11,12)6-14(3-4-16)5-7(17)15-2-1-13-8(15)18/h16H,1-6H2,(H,13,18). The number of aliphatic hydroxyl groups excluding tert-OH is 1. The summed E-state index contributed by atoms with van der Waals surface area (Å²) in [6.45, 7) is -2.17. The lowest BCUT2D eigenvalue weighted by Crippen LogP contribution is -2.45. The molecular weight excluding hydrogens is 255 g/mol. The van der Waals surface area contributed by atoms with Gasteiger partial charge in [0.1, 0.15) is 0 Å². The third kappa shape index (κ3) is 4.49. The fourth-order valence-electron chi connectivity index (χ4n) is 1.60. The maximum absolute atomic E-state index is 12.2. The van der Waals surface area contributed by atoms with Crippen LogP contribution in [0.4, 0.5) is 18.0 Å². The van der Waals surface area contributed by atoms with Crippen molar-refractivity contribution in [2.24, 2.45) is 0 Å². The van der Waals surface area contributed by atoms with Crippen LogP contribution in [0.1, 0.15) is 0 Å². The molecule has 1 aliphatic rings. The Morgan fingerprint density at radius 3 is 2.61 bits per heavy atom. The molecule has 0 aliphatic carbocycles. The number of rotatable bonds is 5. The summed E-state index contributed by atoms with van der Waals surface area (Å²) in [6, 6.07) is -0.601. The van der Waals surface area contributed by atoms with Crippen molar-refractivity contribution in [2.45, 2.75) is 6.18 Å². The second kappa shape index (κ2) is 6.01. The first kappa shape index (κ1) is 14.7. The summed E-state index contributed by atoms with van der Waals surface area (Å²) >= 11 is 0. The Balaban J connectivity index is 2.54. The Morgan fingerprint density at radius 2 is 2.17 bits per heavy atom. The van der Waals surface area contributed by atoms with Gasteiger partial charge < -0.3 is 10.4 Å². The molecule has 0 unspecified atom stereocenters.